The first-order valence-electron chi connectivity index (χ1n) is 14.5. The maximum Gasteiger partial charge on any atom is 0.146 e. The van der Waals surface area contributed by atoms with Crippen molar-refractivity contribution in [2.45, 2.75) is 0 Å². The Labute approximate surface area is 245 Å². The number of hydrogen-bond acceptors (Lipinski definition) is 2. The zero-order valence-corrected chi connectivity index (χ0v) is 23.0. The van der Waals surface area contributed by atoms with E-state index in [9.17, 15) is 0 Å². The molecule has 0 fully saturated rings. The predicted molar refractivity (Wildman–Crippen MR) is 177 cm³/mol. The molecule has 5 aromatic heterocycles. The van der Waals surface area contributed by atoms with Crippen LogP contribution in [-0.2, 0) is 0 Å². The summed E-state index contributed by atoms with van der Waals surface area (Å²) in [6.07, 6.45) is 5.80. The Hall–Kier alpha value is -5.94. The van der Waals surface area contributed by atoms with Crippen molar-refractivity contribution in [3.05, 3.63) is 140 Å². The van der Waals surface area contributed by atoms with Gasteiger partial charge in [0.1, 0.15) is 5.65 Å². The molecule has 5 heterocycles. The summed E-state index contributed by atoms with van der Waals surface area (Å²) < 4.78 is 7.03. The smallest absolute Gasteiger partial charge is 0.146 e. The fourth-order valence-electron chi connectivity index (χ4n) is 7.18. The second-order valence-electron chi connectivity index (χ2n) is 11.1. The van der Waals surface area contributed by atoms with Gasteiger partial charge in [-0.2, -0.15) is 0 Å². The summed E-state index contributed by atoms with van der Waals surface area (Å²) >= 11 is 0. The second kappa shape index (κ2) is 8.30. The summed E-state index contributed by atoms with van der Waals surface area (Å²) in [5.41, 5.74) is 10.0. The van der Waals surface area contributed by atoms with Gasteiger partial charge in [0, 0.05) is 62.3 Å². The molecule has 0 amide bonds. The Bertz CT molecular complexity index is 2710. The van der Waals surface area contributed by atoms with E-state index in [2.05, 4.69) is 135 Å². The highest BCUT2D eigenvalue weighted by Gasteiger charge is 2.22. The molecule has 0 atom stereocenters. The van der Waals surface area contributed by atoms with Crippen molar-refractivity contribution in [2.75, 3.05) is 0 Å². The first-order chi connectivity index (χ1) is 21.4. The number of nitrogens with zero attached hydrogens (tertiary/aromatic N) is 5. The fraction of sp³-hybridized carbons (Fsp3) is 0. The number of pyridine rings is 2. The number of aromatic nitrogens is 5. The van der Waals surface area contributed by atoms with E-state index in [1.54, 1.807) is 0 Å². The van der Waals surface area contributed by atoms with Gasteiger partial charge in [-0.1, -0.05) is 60.7 Å². The van der Waals surface area contributed by atoms with Gasteiger partial charge in [0.2, 0.25) is 0 Å². The Kier molecular flexibility index (Phi) is 4.39. The molecule has 0 aliphatic carbocycles. The van der Waals surface area contributed by atoms with Crippen molar-refractivity contribution in [2.24, 2.45) is 0 Å². The van der Waals surface area contributed by atoms with E-state index < -0.39 is 0 Å². The molecule has 0 spiro atoms. The summed E-state index contributed by atoms with van der Waals surface area (Å²) in [5.74, 6) is 0. The first-order valence-corrected chi connectivity index (χ1v) is 14.5. The summed E-state index contributed by atoms with van der Waals surface area (Å²) in [7, 11) is 0. The minimum atomic E-state index is 0.922. The molecule has 0 aliphatic rings. The largest absolute Gasteiger partial charge is 0.309 e. The lowest BCUT2D eigenvalue weighted by atomic mass is 10.0. The molecule has 0 saturated heterocycles. The Morgan fingerprint density at radius 1 is 0.442 bits per heavy atom. The van der Waals surface area contributed by atoms with Gasteiger partial charge in [-0.15, -0.1) is 0 Å². The maximum atomic E-state index is 4.86. The molecule has 0 radical (unpaired) electrons. The van der Waals surface area contributed by atoms with Crippen LogP contribution in [0.5, 0.6) is 0 Å². The SMILES string of the molecule is c1ccc(-n2c3ccccc3c3c2ccc2c4cc5c6ncccc6c6nccn6c5cc4n(-c4ccccc4)c23)cc1. The fourth-order valence-corrected chi connectivity index (χ4v) is 7.18. The number of fused-ring (bicyclic) bond motifs is 13. The van der Waals surface area contributed by atoms with Gasteiger partial charge in [-0.05, 0) is 60.7 Å². The quantitative estimate of drug-likeness (QED) is 0.202. The van der Waals surface area contributed by atoms with Crippen molar-refractivity contribution < 1.29 is 0 Å². The van der Waals surface area contributed by atoms with Crippen LogP contribution in [0.15, 0.2) is 140 Å². The standard InChI is InChI=1S/C38H23N5/c1-3-10-24(11-4-1)42-31-16-8-7-14-27(31)35-32(42)18-17-26-29-22-30-33(23-34(29)43(37(26)35)25-12-5-2-6-13-25)41-21-20-40-38(41)28-15-9-19-39-36(28)30/h1-23H. The van der Waals surface area contributed by atoms with Crippen LogP contribution in [0.1, 0.15) is 0 Å². The van der Waals surface area contributed by atoms with E-state index in [4.69, 9.17) is 9.97 Å². The van der Waals surface area contributed by atoms with Crippen molar-refractivity contribution in [1.29, 1.82) is 0 Å². The molecule has 0 aliphatic heterocycles. The van der Waals surface area contributed by atoms with Gasteiger partial charge in [-0.3, -0.25) is 9.38 Å². The molecule has 5 nitrogen and oxygen atoms in total. The number of benzene rings is 5. The maximum absolute atomic E-state index is 4.86. The van der Waals surface area contributed by atoms with E-state index in [0.29, 0.717) is 0 Å². The van der Waals surface area contributed by atoms with Crippen molar-refractivity contribution in [3.63, 3.8) is 0 Å². The highest BCUT2D eigenvalue weighted by atomic mass is 15.0. The van der Waals surface area contributed by atoms with Crippen LogP contribution in [0, 0.1) is 0 Å². The minimum absolute atomic E-state index is 0.922. The first kappa shape index (κ1) is 22.7. The van der Waals surface area contributed by atoms with Gasteiger partial charge in [-0.25, -0.2) is 4.98 Å². The van der Waals surface area contributed by atoms with E-state index in [-0.39, 0.29) is 0 Å². The van der Waals surface area contributed by atoms with Gasteiger partial charge < -0.3 is 9.13 Å². The third-order valence-corrected chi connectivity index (χ3v) is 8.91. The van der Waals surface area contributed by atoms with E-state index >= 15 is 0 Å². The molecule has 10 rings (SSSR count). The number of imidazole rings is 1. The Morgan fingerprint density at radius 3 is 2.02 bits per heavy atom. The van der Waals surface area contributed by atoms with E-state index in [1.165, 1.54) is 38.1 Å². The zero-order chi connectivity index (χ0) is 28.1. The van der Waals surface area contributed by atoms with Gasteiger partial charge in [0.05, 0.1) is 33.1 Å². The predicted octanol–water partition coefficient (Wildman–Crippen LogP) is 9.23. The van der Waals surface area contributed by atoms with Crippen molar-refractivity contribution >= 4 is 71.1 Å². The van der Waals surface area contributed by atoms with Crippen LogP contribution in [0.25, 0.3) is 82.4 Å². The lowest BCUT2D eigenvalue weighted by Crippen LogP contribution is -1.96. The molecule has 200 valence electrons. The second-order valence-corrected chi connectivity index (χ2v) is 11.1. The Balaban J connectivity index is 1.48. The summed E-state index contributed by atoms with van der Waals surface area (Å²) in [4.78, 5) is 9.58. The molecule has 0 unspecified atom stereocenters. The van der Waals surface area contributed by atoms with Crippen LogP contribution < -0.4 is 0 Å². The lowest BCUT2D eigenvalue weighted by molar-refractivity contribution is 1.17. The van der Waals surface area contributed by atoms with Crippen LogP contribution in [-0.4, -0.2) is 23.5 Å². The van der Waals surface area contributed by atoms with Crippen LogP contribution >= 0.6 is 0 Å². The molecular weight excluding hydrogens is 526 g/mol. The molecule has 0 N–H and O–H groups in total. The van der Waals surface area contributed by atoms with Crippen molar-refractivity contribution in [3.8, 4) is 11.4 Å². The lowest BCUT2D eigenvalue weighted by Gasteiger charge is -2.11. The zero-order valence-electron chi connectivity index (χ0n) is 23.0. The van der Waals surface area contributed by atoms with E-state index in [0.717, 1.165) is 44.3 Å². The number of rotatable bonds is 2. The molecule has 0 saturated carbocycles. The van der Waals surface area contributed by atoms with Gasteiger partial charge >= 0.3 is 0 Å². The highest BCUT2D eigenvalue weighted by Crippen LogP contribution is 2.43. The third-order valence-electron chi connectivity index (χ3n) is 8.91. The normalized spacial score (nSPS) is 12.2. The monoisotopic (exact) mass is 549 g/mol. The van der Waals surface area contributed by atoms with Crippen LogP contribution in [0.3, 0.4) is 0 Å². The molecule has 5 aromatic carbocycles. The molecular formula is C38H23N5. The van der Waals surface area contributed by atoms with E-state index in [1.807, 2.05) is 18.5 Å². The molecule has 5 heteroatoms. The van der Waals surface area contributed by atoms with Crippen molar-refractivity contribution in [1.82, 2.24) is 23.5 Å². The summed E-state index contributed by atoms with van der Waals surface area (Å²) in [6, 6.07) is 43.5. The number of hydrogen-bond donors (Lipinski definition) is 0. The summed E-state index contributed by atoms with van der Waals surface area (Å²) in [5, 5.41) is 7.08. The summed E-state index contributed by atoms with van der Waals surface area (Å²) in [6.45, 7) is 0. The third kappa shape index (κ3) is 2.95. The molecule has 10 aromatic rings. The van der Waals surface area contributed by atoms with Gasteiger partial charge in [0.15, 0.2) is 0 Å². The Morgan fingerprint density at radius 2 is 1.19 bits per heavy atom. The minimum Gasteiger partial charge on any atom is -0.309 e. The van der Waals surface area contributed by atoms with Gasteiger partial charge in [0.25, 0.3) is 0 Å². The average molecular weight is 550 g/mol. The average Bonchev–Trinajstić information content (AvgIpc) is 3.78. The highest BCUT2D eigenvalue weighted by molar-refractivity contribution is 6.28. The van der Waals surface area contributed by atoms with Crippen LogP contribution in [0.4, 0.5) is 0 Å². The molecule has 43 heavy (non-hydrogen) atoms. The number of para-hydroxylation sites is 3. The topological polar surface area (TPSA) is 40.1 Å². The molecule has 0 bridgehead atoms. The van der Waals surface area contributed by atoms with Crippen LogP contribution in [0.2, 0.25) is 0 Å².